The third kappa shape index (κ3) is 21.8. The van der Waals surface area contributed by atoms with Gasteiger partial charge in [-0.1, -0.05) is 0 Å². The normalized spacial score (nSPS) is 8.43. The molecule has 0 aliphatic heterocycles. The van der Waals surface area contributed by atoms with Crippen LogP contribution >= 0.6 is 160 Å². The van der Waals surface area contributed by atoms with Crippen molar-refractivity contribution in [3.8, 4) is 0 Å². The van der Waals surface area contributed by atoms with E-state index in [-0.39, 0.29) is 8.60 Å². The van der Waals surface area contributed by atoms with E-state index in [1.165, 1.54) is 33.4 Å². The van der Waals surface area contributed by atoms with E-state index in [0.29, 0.717) is 11.7 Å². The van der Waals surface area contributed by atoms with E-state index in [1.54, 1.807) is 0 Å². The first kappa shape index (κ1) is 34.5. The predicted octanol–water partition coefficient (Wildman–Crippen LogP) is 9.86. The fraction of sp³-hybridized carbons (Fsp3) is 0.500. The van der Waals surface area contributed by atoms with E-state index in [2.05, 4.69) is 202 Å². The summed E-state index contributed by atoms with van der Waals surface area (Å²) in [5.41, 5.74) is 8.73. The molecule has 1 rings (SSSR count). The van der Waals surface area contributed by atoms with Crippen LogP contribution in [0.1, 0.15) is 33.4 Å². The van der Waals surface area contributed by atoms with Gasteiger partial charge in [-0.2, -0.15) is 122 Å². The van der Waals surface area contributed by atoms with E-state index >= 15 is 0 Å². The molecule has 0 radical (unpaired) electrons. The van der Waals surface area contributed by atoms with Crippen LogP contribution in [0, 0.1) is 41.5 Å². The molecule has 0 spiro atoms. The van der Waals surface area contributed by atoms with Gasteiger partial charge in [0, 0.05) is 0 Å². The third-order valence-electron chi connectivity index (χ3n) is 3.38. The molecule has 132 valence electrons. The second-order valence-electron chi connectivity index (χ2n) is 4.32. The quantitative estimate of drug-likeness (QED) is 0.180. The maximum atomic E-state index is 2.46. The summed E-state index contributed by atoms with van der Waals surface area (Å²) in [7, 11) is 0. The van der Waals surface area contributed by atoms with Gasteiger partial charge in [-0.3, -0.25) is 0 Å². The molecule has 0 atom stereocenters. The van der Waals surface area contributed by atoms with Crippen molar-refractivity contribution in [2.24, 2.45) is 0 Å². The van der Waals surface area contributed by atoms with Crippen LogP contribution < -0.4 is 0 Å². The summed E-state index contributed by atoms with van der Waals surface area (Å²) < 4.78 is -0.458. The summed E-state index contributed by atoms with van der Waals surface area (Å²) in [5.74, 6) is 0. The summed E-state index contributed by atoms with van der Waals surface area (Å²) in [4.78, 5) is 0. The Morgan fingerprint density at radius 3 is 0.565 bits per heavy atom. The molecule has 0 fully saturated rings. The summed E-state index contributed by atoms with van der Waals surface area (Å²) in [6, 6.07) is 0. The molecule has 1 aromatic carbocycles. The van der Waals surface area contributed by atoms with Gasteiger partial charge in [-0.25, -0.2) is 0 Å². The van der Waals surface area contributed by atoms with Crippen LogP contribution in [-0.4, -0.2) is 8.60 Å². The van der Waals surface area contributed by atoms with Crippen molar-refractivity contribution in [3.05, 3.63) is 33.4 Å². The molecule has 0 saturated heterocycles. The molecule has 0 amide bonds. The van der Waals surface area contributed by atoms with Gasteiger partial charge in [-0.15, -0.1) is 0 Å². The SMILES string of the molecule is Cc1c(C)c(C)c(C)c(C)c1C.[I][Al]([I])[I].[I][Al]([I])[I].[I][Ti][I]. The Morgan fingerprint density at radius 1 is 0.478 bits per heavy atom. The van der Waals surface area contributed by atoms with Crippen LogP contribution in [0.2, 0.25) is 0 Å². The molecule has 11 heteroatoms. The van der Waals surface area contributed by atoms with Crippen molar-refractivity contribution in [1.29, 1.82) is 0 Å². The van der Waals surface area contributed by atoms with Gasteiger partial charge >= 0.3 is 58.6 Å². The van der Waals surface area contributed by atoms with Crippen molar-refractivity contribution >= 4 is 169 Å². The van der Waals surface area contributed by atoms with Crippen molar-refractivity contribution in [2.75, 3.05) is 0 Å². The van der Waals surface area contributed by atoms with Gasteiger partial charge in [0.25, 0.3) is 0 Å². The second-order valence-corrected chi connectivity index (χ2v) is 83.8. The van der Waals surface area contributed by atoms with Gasteiger partial charge in [0.1, 0.15) is 0 Å². The molecule has 0 aliphatic carbocycles. The van der Waals surface area contributed by atoms with Crippen LogP contribution in [0.3, 0.4) is 0 Å². The second kappa shape index (κ2) is 22.0. The first-order valence-corrected chi connectivity index (χ1v) is 41.3. The first-order chi connectivity index (χ1) is 10.3. The van der Waals surface area contributed by atoms with Crippen LogP contribution in [0.5, 0.6) is 0 Å². The molecule has 0 heterocycles. The zero-order valence-corrected chi connectivity index (χ0v) is 34.8. The molecule has 0 saturated carbocycles. The van der Waals surface area contributed by atoms with Gasteiger partial charge in [0.05, 0.1) is 0 Å². The van der Waals surface area contributed by atoms with E-state index in [1.807, 2.05) is 0 Å². The molecule has 0 bridgehead atoms. The Morgan fingerprint density at radius 2 is 0.522 bits per heavy atom. The number of halogens is 8. The minimum atomic E-state index is -0.229. The Hall–Kier alpha value is 6.84. The van der Waals surface area contributed by atoms with Crippen molar-refractivity contribution < 1.29 is 11.7 Å². The number of hydrogen-bond donors (Lipinski definition) is 0. The van der Waals surface area contributed by atoms with Crippen LogP contribution in [0.25, 0.3) is 0 Å². The topological polar surface area (TPSA) is 0 Å². The third-order valence-corrected chi connectivity index (χ3v) is 3.38. The van der Waals surface area contributed by atoms with E-state index < -0.39 is 0 Å². The maximum absolute atomic E-state index is 2.46. The Kier molecular flexibility index (Phi) is 33.0. The molecule has 23 heavy (non-hydrogen) atoms. The Balaban J connectivity index is -0.000000301. The fourth-order valence-electron chi connectivity index (χ4n) is 1.69. The van der Waals surface area contributed by atoms with Gasteiger partial charge in [-0.05, 0) is 74.9 Å². The summed E-state index contributed by atoms with van der Waals surface area (Å²) in [6.45, 7) is 13.3. The summed E-state index contributed by atoms with van der Waals surface area (Å²) >= 11 is 20.0. The van der Waals surface area contributed by atoms with E-state index in [0.717, 1.165) is 0 Å². The molecule has 0 aliphatic rings. The van der Waals surface area contributed by atoms with E-state index in [4.69, 9.17) is 0 Å². The van der Waals surface area contributed by atoms with Gasteiger partial charge < -0.3 is 0 Å². The minimum absolute atomic E-state index is 0.229. The monoisotopic (exact) mass is 1280 g/mol. The number of rotatable bonds is 0. The zero-order valence-electron chi connectivity index (χ0n) is 13.7. The molecular formula is C12H18Al2I8Ti. The zero-order chi connectivity index (χ0) is 19.3. The molecule has 0 nitrogen and oxygen atoms in total. The fourth-order valence-corrected chi connectivity index (χ4v) is 1.69. The van der Waals surface area contributed by atoms with Crippen molar-refractivity contribution in [2.45, 2.75) is 41.5 Å². The van der Waals surface area contributed by atoms with Gasteiger partial charge in [0.15, 0.2) is 0 Å². The first-order valence-electron chi connectivity index (χ1n) is 6.19. The van der Waals surface area contributed by atoms with Crippen molar-refractivity contribution in [1.82, 2.24) is 0 Å². The van der Waals surface area contributed by atoms with Crippen LogP contribution in [0.15, 0.2) is 0 Å². The molecule has 0 aromatic heterocycles. The van der Waals surface area contributed by atoms with Gasteiger partial charge in [0.2, 0.25) is 0 Å². The molecule has 1 aromatic rings. The average molecular weight is 1280 g/mol. The van der Waals surface area contributed by atoms with Crippen LogP contribution in [0.4, 0.5) is 0 Å². The van der Waals surface area contributed by atoms with Crippen molar-refractivity contribution in [3.63, 3.8) is 0 Å². The molecular weight excluding hydrogens is 1260 g/mol. The average Bonchev–Trinajstić information content (AvgIpc) is 2.40. The molecule has 0 N–H and O–H groups in total. The molecule has 0 unspecified atom stereocenters. The van der Waals surface area contributed by atoms with Crippen LogP contribution in [-0.2, 0) is 11.7 Å². The predicted molar refractivity (Wildman–Crippen MR) is 179 cm³/mol. The Bertz CT molecular complexity index is 327. The standard InChI is InChI=1S/C12H18.2Al.8HI.Ti/c1-7-8(2)10(4)12(6)11(5)9(7)3;;;;;;;;;;;/h1-6H3;;;8*1H;/q;2*+3;;;;;;;;;+2/p-8. The summed E-state index contributed by atoms with van der Waals surface area (Å²) in [6.07, 6.45) is 0. The number of benzene rings is 1. The summed E-state index contributed by atoms with van der Waals surface area (Å²) in [5, 5.41) is 0. The Labute approximate surface area is 248 Å². The van der Waals surface area contributed by atoms with E-state index in [9.17, 15) is 0 Å². The number of hydrogen-bond acceptors (Lipinski definition) is 0.